The highest BCUT2D eigenvalue weighted by Gasteiger charge is 2.27. The molecule has 1 rings (SSSR count). The number of ether oxygens (including phenoxy) is 1. The molecule has 0 fully saturated rings. The van der Waals surface area contributed by atoms with Gasteiger partial charge in [0.05, 0.1) is 6.61 Å². The van der Waals surface area contributed by atoms with Crippen LogP contribution >= 0.6 is 0 Å². The van der Waals surface area contributed by atoms with E-state index in [1.165, 1.54) is 0 Å². The smallest absolute Gasteiger partial charge is 0.331 e. The maximum Gasteiger partial charge on any atom is 0.331 e. The Balaban J connectivity index is 3.09. The Morgan fingerprint density at radius 3 is 2.65 bits per heavy atom. The van der Waals surface area contributed by atoms with E-state index in [4.69, 9.17) is 4.74 Å². The second-order valence-corrected chi connectivity index (χ2v) is 4.21. The number of aromatic nitrogens is 2. The largest absolute Gasteiger partial charge is 0.464 e. The third-order valence-electron chi connectivity index (χ3n) is 2.49. The van der Waals surface area contributed by atoms with Crippen LogP contribution in [0.3, 0.4) is 0 Å². The van der Waals surface area contributed by atoms with Crippen LogP contribution < -0.4 is 0 Å². The van der Waals surface area contributed by atoms with E-state index in [0.717, 1.165) is 5.69 Å². The van der Waals surface area contributed by atoms with Crippen molar-refractivity contribution in [2.24, 2.45) is 5.92 Å². The summed E-state index contributed by atoms with van der Waals surface area (Å²) in [6.07, 6.45) is 0.673. The van der Waals surface area contributed by atoms with Crippen LogP contribution in [0.15, 0.2) is 6.07 Å². The Morgan fingerprint density at radius 1 is 1.59 bits per heavy atom. The molecule has 0 saturated carbocycles. The van der Waals surface area contributed by atoms with Crippen LogP contribution in [0, 0.1) is 12.8 Å². The molecule has 1 aromatic rings. The number of rotatable bonds is 5. The normalized spacial score (nSPS) is 12.5. The molecule has 17 heavy (non-hydrogen) atoms. The van der Waals surface area contributed by atoms with E-state index >= 15 is 0 Å². The highest BCUT2D eigenvalue weighted by molar-refractivity contribution is 5.75. The Labute approximate surface area is 101 Å². The highest BCUT2D eigenvalue weighted by atomic mass is 16.5. The van der Waals surface area contributed by atoms with Crippen LogP contribution in [0.4, 0.5) is 0 Å². The van der Waals surface area contributed by atoms with Gasteiger partial charge >= 0.3 is 5.97 Å². The number of hydrogen-bond donors (Lipinski definition) is 0. The maximum atomic E-state index is 11.9. The first kappa shape index (κ1) is 13.4. The van der Waals surface area contributed by atoms with E-state index in [1.807, 2.05) is 20.8 Å². The van der Waals surface area contributed by atoms with Crippen molar-refractivity contribution in [2.45, 2.75) is 33.7 Å². The van der Waals surface area contributed by atoms with Gasteiger partial charge in [-0.2, -0.15) is 5.10 Å². The van der Waals surface area contributed by atoms with Crippen molar-refractivity contribution in [3.8, 4) is 0 Å². The van der Waals surface area contributed by atoms with Crippen LogP contribution in [0.25, 0.3) is 0 Å². The van der Waals surface area contributed by atoms with Crippen LogP contribution in [0.2, 0.25) is 0 Å². The van der Waals surface area contributed by atoms with Gasteiger partial charge in [-0.25, -0.2) is 4.79 Å². The number of hydrogen-bond acceptors (Lipinski definition) is 4. The van der Waals surface area contributed by atoms with E-state index in [0.29, 0.717) is 18.6 Å². The van der Waals surface area contributed by atoms with Crippen LogP contribution in [-0.2, 0) is 9.53 Å². The molecule has 0 radical (unpaired) electrons. The molecule has 0 spiro atoms. The van der Waals surface area contributed by atoms with Gasteiger partial charge in [0.2, 0.25) is 0 Å². The van der Waals surface area contributed by atoms with Gasteiger partial charge in [0, 0.05) is 5.69 Å². The molecular formula is C12H18N2O3. The lowest BCUT2D eigenvalue weighted by Crippen LogP contribution is -2.28. The van der Waals surface area contributed by atoms with Crippen molar-refractivity contribution < 1.29 is 14.3 Å². The fourth-order valence-electron chi connectivity index (χ4n) is 1.73. The van der Waals surface area contributed by atoms with Crippen LogP contribution in [0.5, 0.6) is 0 Å². The van der Waals surface area contributed by atoms with Gasteiger partial charge in [0.15, 0.2) is 12.3 Å². The van der Waals surface area contributed by atoms with Gasteiger partial charge < -0.3 is 4.74 Å². The zero-order valence-corrected chi connectivity index (χ0v) is 10.6. The van der Waals surface area contributed by atoms with Crippen molar-refractivity contribution in [1.29, 1.82) is 0 Å². The predicted molar refractivity (Wildman–Crippen MR) is 62.9 cm³/mol. The van der Waals surface area contributed by atoms with E-state index in [-0.39, 0.29) is 11.9 Å². The quantitative estimate of drug-likeness (QED) is 0.579. The van der Waals surface area contributed by atoms with Crippen molar-refractivity contribution in [3.05, 3.63) is 17.5 Å². The first-order chi connectivity index (χ1) is 8.01. The Hall–Kier alpha value is -1.65. The number of carbonyl (C=O) groups is 2. The minimum absolute atomic E-state index is 0.0483. The molecule has 0 aliphatic carbocycles. The standard InChI is InChI=1S/C12H18N2O3/c1-5-17-12(16)11(8(2)3)14-9(4)6-10(7-15)13-14/h6-8,11H,5H2,1-4H3. The van der Waals surface area contributed by atoms with Gasteiger partial charge in [-0.05, 0) is 25.8 Å². The maximum absolute atomic E-state index is 11.9. The number of aldehydes is 1. The predicted octanol–water partition coefficient (Wildman–Crippen LogP) is 1.76. The summed E-state index contributed by atoms with van der Waals surface area (Å²) < 4.78 is 6.59. The zero-order valence-electron chi connectivity index (χ0n) is 10.6. The number of esters is 1. The molecule has 1 heterocycles. The molecule has 0 saturated heterocycles. The Morgan fingerprint density at radius 2 is 2.24 bits per heavy atom. The zero-order chi connectivity index (χ0) is 13.0. The summed E-state index contributed by atoms with van der Waals surface area (Å²) in [5.74, 6) is -0.265. The molecule has 0 bridgehead atoms. The summed E-state index contributed by atoms with van der Waals surface area (Å²) in [5, 5.41) is 4.10. The van der Waals surface area contributed by atoms with Crippen LogP contribution in [-0.4, -0.2) is 28.6 Å². The molecule has 0 aliphatic rings. The van der Waals surface area contributed by atoms with E-state index < -0.39 is 6.04 Å². The fraction of sp³-hybridized carbons (Fsp3) is 0.583. The second-order valence-electron chi connectivity index (χ2n) is 4.21. The van der Waals surface area contributed by atoms with Gasteiger partial charge in [0.25, 0.3) is 0 Å². The average Bonchev–Trinajstić information content (AvgIpc) is 2.60. The summed E-state index contributed by atoms with van der Waals surface area (Å²) in [4.78, 5) is 22.5. The molecule has 0 aliphatic heterocycles. The lowest BCUT2D eigenvalue weighted by atomic mass is 10.0. The summed E-state index contributed by atoms with van der Waals surface area (Å²) in [6, 6.07) is 1.17. The molecule has 1 aromatic heterocycles. The van der Waals surface area contributed by atoms with Crippen molar-refractivity contribution in [2.75, 3.05) is 6.61 Å². The molecule has 5 heteroatoms. The number of carbonyl (C=O) groups excluding carboxylic acids is 2. The van der Waals surface area contributed by atoms with Gasteiger partial charge in [-0.15, -0.1) is 0 Å². The first-order valence-corrected chi connectivity index (χ1v) is 5.69. The summed E-state index contributed by atoms with van der Waals surface area (Å²) in [5.41, 5.74) is 1.11. The molecule has 0 amide bonds. The number of aryl methyl sites for hydroxylation is 1. The second kappa shape index (κ2) is 5.61. The van der Waals surface area contributed by atoms with Crippen LogP contribution in [0.1, 0.15) is 43.0 Å². The first-order valence-electron chi connectivity index (χ1n) is 5.69. The topological polar surface area (TPSA) is 61.2 Å². The van der Waals surface area contributed by atoms with Gasteiger partial charge in [0.1, 0.15) is 5.69 Å². The summed E-state index contributed by atoms with van der Waals surface area (Å²) >= 11 is 0. The molecule has 0 aromatic carbocycles. The average molecular weight is 238 g/mol. The molecule has 94 valence electrons. The summed E-state index contributed by atoms with van der Waals surface area (Å²) in [6.45, 7) is 7.76. The number of nitrogens with zero attached hydrogens (tertiary/aromatic N) is 2. The van der Waals surface area contributed by atoms with Crippen molar-refractivity contribution in [1.82, 2.24) is 9.78 Å². The minimum Gasteiger partial charge on any atom is -0.464 e. The summed E-state index contributed by atoms with van der Waals surface area (Å²) in [7, 11) is 0. The molecule has 1 atom stereocenters. The lowest BCUT2D eigenvalue weighted by Gasteiger charge is -2.20. The monoisotopic (exact) mass is 238 g/mol. The minimum atomic E-state index is -0.483. The SMILES string of the molecule is CCOC(=O)C(C(C)C)n1nc(C=O)cc1C. The van der Waals surface area contributed by atoms with E-state index in [9.17, 15) is 9.59 Å². The fourth-order valence-corrected chi connectivity index (χ4v) is 1.73. The molecule has 0 N–H and O–H groups in total. The van der Waals surface area contributed by atoms with Crippen molar-refractivity contribution >= 4 is 12.3 Å². The Bertz CT molecular complexity index is 410. The molecular weight excluding hydrogens is 220 g/mol. The third kappa shape index (κ3) is 2.93. The molecule has 1 unspecified atom stereocenters. The Kier molecular flexibility index (Phi) is 4.43. The third-order valence-corrected chi connectivity index (χ3v) is 2.49. The van der Waals surface area contributed by atoms with E-state index in [1.54, 1.807) is 17.7 Å². The molecule has 5 nitrogen and oxygen atoms in total. The highest BCUT2D eigenvalue weighted by Crippen LogP contribution is 2.21. The van der Waals surface area contributed by atoms with Gasteiger partial charge in [-0.3, -0.25) is 9.48 Å². The van der Waals surface area contributed by atoms with Gasteiger partial charge in [-0.1, -0.05) is 13.8 Å². The lowest BCUT2D eigenvalue weighted by molar-refractivity contribution is -0.149. The van der Waals surface area contributed by atoms with Crippen molar-refractivity contribution in [3.63, 3.8) is 0 Å². The van der Waals surface area contributed by atoms with E-state index in [2.05, 4.69) is 5.10 Å².